The summed E-state index contributed by atoms with van der Waals surface area (Å²) in [4.78, 5) is 15.3. The summed E-state index contributed by atoms with van der Waals surface area (Å²) < 4.78 is 4.87. The second-order valence-electron chi connectivity index (χ2n) is 15.2. The third-order valence-electron chi connectivity index (χ3n) is 12.0. The number of nitrogens with zero attached hydrogens (tertiary/aromatic N) is 5. The van der Waals surface area contributed by atoms with Crippen LogP contribution in [0.15, 0.2) is 188 Å². The van der Waals surface area contributed by atoms with E-state index in [1.165, 1.54) is 70.9 Å². The van der Waals surface area contributed by atoms with Crippen molar-refractivity contribution in [2.75, 3.05) is 0 Å². The number of hydrogen-bond donors (Lipinski definition) is 0. The van der Waals surface area contributed by atoms with E-state index in [0.29, 0.717) is 17.5 Å². The van der Waals surface area contributed by atoms with Crippen LogP contribution >= 0.6 is 0 Å². The minimum Gasteiger partial charge on any atom is -0.309 e. The van der Waals surface area contributed by atoms with Gasteiger partial charge in [-0.3, -0.25) is 0 Å². The second kappa shape index (κ2) is 11.8. The third-order valence-corrected chi connectivity index (χ3v) is 12.0. The summed E-state index contributed by atoms with van der Waals surface area (Å²) in [5, 5.41) is 10.1. The average Bonchev–Trinajstić information content (AvgIpc) is 3.78. The molecule has 0 bridgehead atoms. The zero-order valence-electron chi connectivity index (χ0n) is 31.1. The van der Waals surface area contributed by atoms with E-state index < -0.39 is 0 Å². The highest BCUT2D eigenvalue weighted by Gasteiger charge is 2.27. The van der Waals surface area contributed by atoms with E-state index in [4.69, 9.17) is 15.0 Å². The molecule has 0 atom stereocenters. The van der Waals surface area contributed by atoms with Crippen molar-refractivity contribution in [3.8, 4) is 56.7 Å². The van der Waals surface area contributed by atoms with Gasteiger partial charge in [0.05, 0.1) is 22.1 Å². The Morgan fingerprint density at radius 1 is 0.276 bits per heavy atom. The summed E-state index contributed by atoms with van der Waals surface area (Å²) in [5.74, 6) is 1.92. The molecule has 13 rings (SSSR count). The molecule has 0 amide bonds. The van der Waals surface area contributed by atoms with E-state index in [-0.39, 0.29) is 0 Å². The monoisotopic (exact) mass is 737 g/mol. The van der Waals surface area contributed by atoms with Crippen LogP contribution in [0.5, 0.6) is 0 Å². The third kappa shape index (κ3) is 4.38. The molecule has 0 aliphatic heterocycles. The van der Waals surface area contributed by atoms with Crippen LogP contribution < -0.4 is 0 Å². The second-order valence-corrected chi connectivity index (χ2v) is 15.2. The topological polar surface area (TPSA) is 48.5 Å². The van der Waals surface area contributed by atoms with E-state index in [1.54, 1.807) is 0 Å². The molecule has 0 radical (unpaired) electrons. The molecule has 0 N–H and O–H groups in total. The first-order valence-electron chi connectivity index (χ1n) is 19.7. The summed E-state index contributed by atoms with van der Waals surface area (Å²) >= 11 is 0. The summed E-state index contributed by atoms with van der Waals surface area (Å²) in [6, 6.07) is 67.2. The maximum atomic E-state index is 5.17. The Bertz CT molecular complexity index is 3670. The lowest BCUT2D eigenvalue weighted by atomic mass is 9.95. The molecule has 0 saturated carbocycles. The van der Waals surface area contributed by atoms with Gasteiger partial charge in [-0.25, -0.2) is 15.0 Å². The summed E-state index contributed by atoms with van der Waals surface area (Å²) in [6.07, 6.45) is 0. The highest BCUT2D eigenvalue weighted by molar-refractivity contribution is 6.38. The molecule has 1 aliphatic carbocycles. The molecule has 9 aromatic carbocycles. The predicted molar refractivity (Wildman–Crippen MR) is 239 cm³/mol. The first kappa shape index (κ1) is 31.3. The van der Waals surface area contributed by atoms with E-state index in [2.05, 4.69) is 179 Å². The van der Waals surface area contributed by atoms with Crippen LogP contribution in [0.1, 0.15) is 0 Å². The lowest BCUT2D eigenvalue weighted by molar-refractivity contribution is 1.07. The van der Waals surface area contributed by atoms with Gasteiger partial charge >= 0.3 is 0 Å². The van der Waals surface area contributed by atoms with Crippen LogP contribution in [0, 0.1) is 0 Å². The normalized spacial score (nSPS) is 12.1. The van der Waals surface area contributed by atoms with Gasteiger partial charge in [0.15, 0.2) is 17.5 Å². The maximum absolute atomic E-state index is 5.17. The fourth-order valence-corrected chi connectivity index (χ4v) is 9.56. The molecule has 0 unspecified atom stereocenters. The molecular weight excluding hydrogens is 707 g/mol. The Labute approximate surface area is 332 Å². The van der Waals surface area contributed by atoms with Crippen molar-refractivity contribution in [2.24, 2.45) is 0 Å². The standard InChI is InChI=1S/C53H31N5/c1-3-13-34(14-4-1)51-54-52(56-53(55-51)37-25-24-32-12-7-8-15-35(32)30-37)36-17-9-20-39(31-36)58-42-23-11-22-41-40-21-10-16-33-26-27-43-48(46(33)40)50-45(29-28-44(58)49(50)47(41)42)57(43)38-18-5-2-6-19-38/h1-31H. The molecule has 0 spiro atoms. The quantitative estimate of drug-likeness (QED) is 0.177. The summed E-state index contributed by atoms with van der Waals surface area (Å²) in [7, 11) is 0. The molecule has 5 heteroatoms. The molecule has 58 heavy (non-hydrogen) atoms. The molecule has 12 aromatic rings. The number of fused-ring (bicyclic) bond motifs is 2. The van der Waals surface area contributed by atoms with Gasteiger partial charge in [-0.1, -0.05) is 133 Å². The summed E-state index contributed by atoms with van der Waals surface area (Å²) in [6.45, 7) is 0. The number of aromatic nitrogens is 5. The van der Waals surface area contributed by atoms with Crippen LogP contribution in [0.4, 0.5) is 0 Å². The number of benzene rings is 9. The Kier molecular flexibility index (Phi) is 6.38. The van der Waals surface area contributed by atoms with Gasteiger partial charge in [0.1, 0.15) is 0 Å². The van der Waals surface area contributed by atoms with Gasteiger partial charge < -0.3 is 9.13 Å². The van der Waals surface area contributed by atoms with Crippen LogP contribution in [-0.2, 0) is 0 Å². The Balaban J connectivity index is 1.08. The minimum atomic E-state index is 0.631. The number of rotatable bonds is 5. The van der Waals surface area contributed by atoms with Crippen molar-refractivity contribution in [1.29, 1.82) is 0 Å². The highest BCUT2D eigenvalue weighted by Crippen LogP contribution is 2.51. The van der Waals surface area contributed by atoms with Crippen molar-refractivity contribution in [3.05, 3.63) is 188 Å². The molecule has 3 heterocycles. The zero-order chi connectivity index (χ0) is 37.9. The predicted octanol–water partition coefficient (Wildman–Crippen LogP) is 13.4. The van der Waals surface area contributed by atoms with Gasteiger partial charge in [-0.2, -0.15) is 0 Å². The molecule has 1 aliphatic rings. The first-order chi connectivity index (χ1) is 28.8. The van der Waals surface area contributed by atoms with Gasteiger partial charge in [0.25, 0.3) is 0 Å². The fourth-order valence-electron chi connectivity index (χ4n) is 9.56. The Morgan fingerprint density at radius 3 is 1.53 bits per heavy atom. The van der Waals surface area contributed by atoms with E-state index in [1.807, 2.05) is 18.2 Å². The fraction of sp³-hybridized carbons (Fsp3) is 0. The van der Waals surface area contributed by atoms with Gasteiger partial charge in [0, 0.05) is 49.6 Å². The Hall–Kier alpha value is -7.89. The molecule has 5 nitrogen and oxygen atoms in total. The maximum Gasteiger partial charge on any atom is 0.164 e. The Morgan fingerprint density at radius 2 is 0.759 bits per heavy atom. The molecule has 3 aromatic heterocycles. The molecular formula is C53H31N5. The largest absolute Gasteiger partial charge is 0.309 e. The van der Waals surface area contributed by atoms with Crippen molar-refractivity contribution in [1.82, 2.24) is 24.1 Å². The van der Waals surface area contributed by atoms with Crippen LogP contribution in [-0.4, -0.2) is 24.1 Å². The van der Waals surface area contributed by atoms with Gasteiger partial charge in [-0.15, -0.1) is 0 Å². The van der Waals surface area contributed by atoms with Crippen molar-refractivity contribution >= 4 is 65.2 Å². The SMILES string of the molecule is c1ccc(-c2nc(-c3cccc(-n4c5cccc6c5c5c7c8c9c-6cccc9ccc8n(-c6ccccc6)c7ccc54)c3)nc(-c3ccc4ccccc4c3)n2)cc1. The van der Waals surface area contributed by atoms with E-state index in [0.717, 1.165) is 33.5 Å². The smallest absolute Gasteiger partial charge is 0.164 e. The minimum absolute atomic E-state index is 0.631. The van der Waals surface area contributed by atoms with Gasteiger partial charge in [-0.05, 0) is 87.3 Å². The van der Waals surface area contributed by atoms with Crippen molar-refractivity contribution in [2.45, 2.75) is 0 Å². The lowest BCUT2D eigenvalue weighted by Gasteiger charge is -2.13. The van der Waals surface area contributed by atoms with E-state index in [9.17, 15) is 0 Å². The van der Waals surface area contributed by atoms with Crippen LogP contribution in [0.3, 0.4) is 0 Å². The molecule has 268 valence electrons. The van der Waals surface area contributed by atoms with Crippen molar-refractivity contribution in [3.63, 3.8) is 0 Å². The number of para-hydroxylation sites is 1. The average molecular weight is 738 g/mol. The van der Waals surface area contributed by atoms with Crippen LogP contribution in [0.2, 0.25) is 0 Å². The lowest BCUT2D eigenvalue weighted by Crippen LogP contribution is -2.01. The van der Waals surface area contributed by atoms with E-state index >= 15 is 0 Å². The highest BCUT2D eigenvalue weighted by atomic mass is 15.0. The zero-order valence-corrected chi connectivity index (χ0v) is 31.1. The molecule has 0 fully saturated rings. The molecule has 0 saturated heterocycles. The number of hydrogen-bond acceptors (Lipinski definition) is 3. The van der Waals surface area contributed by atoms with Crippen LogP contribution in [0.25, 0.3) is 122 Å². The van der Waals surface area contributed by atoms with Gasteiger partial charge in [0.2, 0.25) is 0 Å². The first-order valence-corrected chi connectivity index (χ1v) is 19.7. The van der Waals surface area contributed by atoms with Crippen molar-refractivity contribution < 1.29 is 0 Å². The summed E-state index contributed by atoms with van der Waals surface area (Å²) in [5.41, 5.74) is 12.3.